The van der Waals surface area contributed by atoms with Crippen molar-refractivity contribution in [3.63, 3.8) is 0 Å². The van der Waals surface area contributed by atoms with Crippen molar-refractivity contribution in [2.75, 3.05) is 5.32 Å². The number of H-pyrrole nitrogens is 1. The van der Waals surface area contributed by atoms with E-state index in [4.69, 9.17) is 0 Å². The second-order valence-electron chi connectivity index (χ2n) is 6.48. The van der Waals surface area contributed by atoms with Crippen molar-refractivity contribution >= 4 is 22.4 Å². The normalized spacial score (nSPS) is 14.7. The number of hydrogen-bond acceptors (Lipinski definition) is 4. The first kappa shape index (κ1) is 24.5. The summed E-state index contributed by atoms with van der Waals surface area (Å²) >= 11 is 0. The minimum Gasteiger partial charge on any atom is -0.380 e. The van der Waals surface area contributed by atoms with Gasteiger partial charge < -0.3 is 10.3 Å². The maximum Gasteiger partial charge on any atom is 0.460 e. The number of nitro benzene ring substituents is 1. The van der Waals surface area contributed by atoms with Crippen molar-refractivity contribution in [1.29, 1.82) is 0 Å². The van der Waals surface area contributed by atoms with E-state index in [0.29, 0.717) is 0 Å². The zero-order valence-corrected chi connectivity index (χ0v) is 15.4. The minimum atomic E-state index is -6.75. The number of aromatic nitrogens is 2. The standard InChI is InChI=1S/C15H12F10N4O2/c1-3-5(2)26-8-6(13(18,19)20)4-7(29(30)31)9-10(8)28-11(27-9)12(16,17)14(21,22)15(23,24)25/h4-5,26H,3H2,1-2H3,(H,27,28). The molecule has 31 heavy (non-hydrogen) atoms. The number of alkyl halides is 10. The molecular formula is C15H12F10N4O2. The third kappa shape index (κ3) is 4.06. The van der Waals surface area contributed by atoms with Crippen LogP contribution in [0.5, 0.6) is 0 Å². The van der Waals surface area contributed by atoms with E-state index >= 15 is 0 Å². The number of benzene rings is 1. The Morgan fingerprint density at radius 2 is 1.68 bits per heavy atom. The predicted molar refractivity (Wildman–Crippen MR) is 86.0 cm³/mol. The zero-order chi connectivity index (χ0) is 24.2. The monoisotopic (exact) mass is 470 g/mol. The number of imidazole rings is 1. The molecule has 1 atom stereocenters. The molecule has 0 aliphatic carbocycles. The predicted octanol–water partition coefficient (Wildman–Crippen LogP) is 5.99. The van der Waals surface area contributed by atoms with Gasteiger partial charge in [0.2, 0.25) is 0 Å². The van der Waals surface area contributed by atoms with Gasteiger partial charge in [-0.05, 0) is 13.3 Å². The van der Waals surface area contributed by atoms with E-state index in [1.54, 1.807) is 0 Å². The molecule has 0 amide bonds. The highest BCUT2D eigenvalue weighted by Crippen LogP contribution is 2.52. The van der Waals surface area contributed by atoms with Gasteiger partial charge >= 0.3 is 24.2 Å². The number of halogens is 10. The Hall–Kier alpha value is -2.81. The molecule has 2 N–H and O–H groups in total. The van der Waals surface area contributed by atoms with Crippen molar-refractivity contribution in [2.24, 2.45) is 0 Å². The van der Waals surface area contributed by atoms with Crippen LogP contribution in [0.15, 0.2) is 6.07 Å². The van der Waals surface area contributed by atoms with Gasteiger partial charge in [0.05, 0.1) is 16.2 Å². The third-order valence-corrected chi connectivity index (χ3v) is 4.30. The molecule has 0 bridgehead atoms. The molecular weight excluding hydrogens is 458 g/mol. The summed E-state index contributed by atoms with van der Waals surface area (Å²) < 4.78 is 132. The Labute approximate surface area is 165 Å². The Balaban J connectivity index is 2.94. The zero-order valence-electron chi connectivity index (χ0n) is 15.4. The van der Waals surface area contributed by atoms with Crippen molar-refractivity contribution in [3.8, 4) is 0 Å². The summed E-state index contributed by atoms with van der Waals surface area (Å²) in [6.07, 6.45) is -11.9. The summed E-state index contributed by atoms with van der Waals surface area (Å²) in [5, 5.41) is 13.4. The maximum atomic E-state index is 14.0. The van der Waals surface area contributed by atoms with E-state index in [1.165, 1.54) is 18.8 Å². The van der Waals surface area contributed by atoms with Crippen molar-refractivity contribution in [2.45, 2.75) is 50.5 Å². The number of aromatic amines is 1. The summed E-state index contributed by atoms with van der Waals surface area (Å²) in [6, 6.07) is -0.849. The fourth-order valence-corrected chi connectivity index (χ4v) is 2.49. The van der Waals surface area contributed by atoms with Crippen molar-refractivity contribution in [3.05, 3.63) is 27.6 Å². The number of non-ortho nitro benzene ring substituents is 1. The number of hydrogen-bond donors (Lipinski definition) is 2. The molecule has 0 aliphatic heterocycles. The van der Waals surface area contributed by atoms with Gasteiger partial charge in [-0.3, -0.25) is 10.1 Å². The SMILES string of the molecule is CCC(C)Nc1c(C(F)(F)F)cc([N+](=O)[O-])c2[nH]c(C(F)(F)C(F)(F)C(F)(F)F)nc12. The molecule has 174 valence electrons. The van der Waals surface area contributed by atoms with Gasteiger partial charge in [0.15, 0.2) is 5.82 Å². The lowest BCUT2D eigenvalue weighted by atomic mass is 10.1. The van der Waals surface area contributed by atoms with Crippen LogP contribution in [0.25, 0.3) is 11.0 Å². The van der Waals surface area contributed by atoms with Crippen LogP contribution in [0, 0.1) is 10.1 Å². The average molecular weight is 470 g/mol. The van der Waals surface area contributed by atoms with Crippen LogP contribution in [0.4, 0.5) is 55.3 Å². The smallest absolute Gasteiger partial charge is 0.380 e. The van der Waals surface area contributed by atoms with Crippen molar-refractivity contribution in [1.82, 2.24) is 9.97 Å². The van der Waals surface area contributed by atoms with Gasteiger partial charge in [-0.15, -0.1) is 0 Å². The molecule has 1 aromatic carbocycles. The molecule has 2 aromatic rings. The molecule has 0 saturated carbocycles. The highest BCUT2D eigenvalue weighted by Gasteiger charge is 2.75. The fraction of sp³-hybridized carbons (Fsp3) is 0.533. The highest BCUT2D eigenvalue weighted by molar-refractivity contribution is 5.97. The average Bonchev–Trinajstić information content (AvgIpc) is 3.05. The van der Waals surface area contributed by atoms with Gasteiger partial charge in [-0.1, -0.05) is 6.92 Å². The number of fused-ring (bicyclic) bond motifs is 1. The maximum absolute atomic E-state index is 14.0. The quantitative estimate of drug-likeness (QED) is 0.309. The first-order valence-electron chi connectivity index (χ1n) is 8.23. The fourth-order valence-electron chi connectivity index (χ4n) is 2.49. The minimum absolute atomic E-state index is 0.0605. The Morgan fingerprint density at radius 1 is 1.13 bits per heavy atom. The summed E-state index contributed by atoms with van der Waals surface area (Å²) in [5.74, 6) is -15.1. The van der Waals surface area contributed by atoms with Gasteiger partial charge in [0.25, 0.3) is 5.69 Å². The van der Waals surface area contributed by atoms with E-state index < -0.39 is 69.0 Å². The number of anilines is 1. The van der Waals surface area contributed by atoms with Gasteiger partial charge in [-0.2, -0.15) is 43.9 Å². The Kier molecular flexibility index (Phi) is 5.84. The Morgan fingerprint density at radius 3 is 2.10 bits per heavy atom. The molecule has 0 radical (unpaired) electrons. The molecule has 0 saturated heterocycles. The van der Waals surface area contributed by atoms with E-state index in [2.05, 4.69) is 10.3 Å². The first-order valence-corrected chi connectivity index (χ1v) is 8.23. The van der Waals surface area contributed by atoms with Gasteiger partial charge in [0.1, 0.15) is 11.0 Å². The first-order chi connectivity index (χ1) is 13.9. The van der Waals surface area contributed by atoms with Crippen LogP contribution in [0.3, 0.4) is 0 Å². The molecule has 0 spiro atoms. The lowest BCUT2D eigenvalue weighted by Crippen LogP contribution is -2.50. The Bertz CT molecular complexity index is 996. The summed E-state index contributed by atoms with van der Waals surface area (Å²) in [4.78, 5) is 13.8. The lowest BCUT2D eigenvalue weighted by Gasteiger charge is -2.26. The largest absolute Gasteiger partial charge is 0.460 e. The molecule has 0 aliphatic rings. The van der Waals surface area contributed by atoms with Crippen LogP contribution in [0.1, 0.15) is 31.7 Å². The lowest BCUT2D eigenvalue weighted by molar-refractivity contribution is -0.383. The van der Waals surface area contributed by atoms with E-state index in [-0.39, 0.29) is 12.5 Å². The molecule has 2 rings (SSSR count). The number of nitrogens with zero attached hydrogens (tertiary/aromatic N) is 2. The van der Waals surface area contributed by atoms with E-state index in [1.807, 2.05) is 0 Å². The van der Waals surface area contributed by atoms with Crippen LogP contribution >= 0.6 is 0 Å². The molecule has 16 heteroatoms. The highest BCUT2D eigenvalue weighted by atomic mass is 19.4. The molecule has 1 heterocycles. The van der Waals surface area contributed by atoms with Crippen LogP contribution < -0.4 is 5.32 Å². The number of nitrogens with one attached hydrogen (secondary N) is 2. The van der Waals surface area contributed by atoms with Crippen LogP contribution in [0.2, 0.25) is 0 Å². The summed E-state index contributed by atoms with van der Waals surface area (Å²) in [5.41, 5.74) is -6.75. The number of nitro groups is 1. The molecule has 1 aromatic heterocycles. The molecule has 1 unspecified atom stereocenters. The number of rotatable bonds is 6. The second-order valence-corrected chi connectivity index (χ2v) is 6.48. The summed E-state index contributed by atoms with van der Waals surface area (Å²) in [6.45, 7) is 2.84. The summed E-state index contributed by atoms with van der Waals surface area (Å²) in [7, 11) is 0. The van der Waals surface area contributed by atoms with E-state index in [9.17, 15) is 54.0 Å². The van der Waals surface area contributed by atoms with Crippen molar-refractivity contribution < 1.29 is 48.8 Å². The van der Waals surface area contributed by atoms with Crippen LogP contribution in [-0.2, 0) is 12.1 Å². The topological polar surface area (TPSA) is 83.9 Å². The molecule has 0 fully saturated rings. The van der Waals surface area contributed by atoms with Crippen LogP contribution in [-0.4, -0.2) is 33.0 Å². The second kappa shape index (κ2) is 7.40. The third-order valence-electron chi connectivity index (χ3n) is 4.30. The van der Waals surface area contributed by atoms with Gasteiger partial charge in [-0.25, -0.2) is 4.98 Å². The molecule has 6 nitrogen and oxygen atoms in total. The van der Waals surface area contributed by atoms with E-state index in [0.717, 1.165) is 0 Å². The van der Waals surface area contributed by atoms with Gasteiger partial charge in [0, 0.05) is 12.1 Å².